The van der Waals surface area contributed by atoms with Crippen LogP contribution in [0.5, 0.6) is 0 Å². The number of aromatic nitrogens is 2. The van der Waals surface area contributed by atoms with Crippen LogP contribution in [0.4, 0.5) is 17.1 Å². The molecule has 2 aromatic heterocycles. The number of rotatable bonds is 5. The summed E-state index contributed by atoms with van der Waals surface area (Å²) < 4.78 is 2.29. The van der Waals surface area contributed by atoms with Crippen LogP contribution in [0.15, 0.2) is 140 Å². The summed E-state index contributed by atoms with van der Waals surface area (Å²) in [5, 5.41) is 2.40. The normalized spacial score (nSPS) is 11.2. The predicted molar refractivity (Wildman–Crippen MR) is 168 cm³/mol. The minimum absolute atomic E-state index is 0.905. The first kappa shape index (κ1) is 23.9. The van der Waals surface area contributed by atoms with Crippen molar-refractivity contribution in [3.63, 3.8) is 0 Å². The number of hydrogen-bond donors (Lipinski definition) is 0. The molecule has 0 fully saturated rings. The first-order valence-electron chi connectivity index (χ1n) is 13.7. The lowest BCUT2D eigenvalue weighted by Gasteiger charge is -2.26. The Kier molecular flexibility index (Phi) is 5.90. The molecule has 40 heavy (non-hydrogen) atoms. The number of anilines is 3. The summed E-state index contributed by atoms with van der Waals surface area (Å²) in [6, 6.07) is 49.4. The highest BCUT2D eigenvalue weighted by molar-refractivity contribution is 6.16. The van der Waals surface area contributed by atoms with Crippen molar-refractivity contribution in [1.29, 1.82) is 0 Å². The van der Waals surface area contributed by atoms with Gasteiger partial charge in [-0.25, -0.2) is 4.98 Å². The van der Waals surface area contributed by atoms with Gasteiger partial charge in [0, 0.05) is 27.7 Å². The first-order valence-corrected chi connectivity index (χ1v) is 13.7. The molecule has 5 aromatic carbocycles. The zero-order valence-electron chi connectivity index (χ0n) is 22.6. The molecule has 0 saturated heterocycles. The molecule has 0 aliphatic heterocycles. The monoisotopic (exact) mass is 515 g/mol. The lowest BCUT2D eigenvalue weighted by molar-refractivity contribution is 1.08. The van der Waals surface area contributed by atoms with E-state index < -0.39 is 0 Å². The first-order chi connectivity index (χ1) is 19.7. The summed E-state index contributed by atoms with van der Waals surface area (Å²) in [6.07, 6.45) is 0. The van der Waals surface area contributed by atoms with E-state index in [1.807, 2.05) is 6.07 Å². The van der Waals surface area contributed by atoms with Crippen LogP contribution in [0.25, 0.3) is 38.9 Å². The quantitative estimate of drug-likeness (QED) is 0.227. The maximum atomic E-state index is 5.15. The fraction of sp³-hybridized carbons (Fsp3) is 0.0541. The highest BCUT2D eigenvalue weighted by Gasteiger charge is 2.21. The highest BCUT2D eigenvalue weighted by atomic mass is 15.2. The molecule has 2 heterocycles. The van der Waals surface area contributed by atoms with Crippen LogP contribution in [-0.2, 0) is 0 Å². The van der Waals surface area contributed by atoms with Crippen molar-refractivity contribution in [2.75, 3.05) is 4.90 Å². The summed E-state index contributed by atoms with van der Waals surface area (Å²) in [5.41, 5.74) is 10.2. The van der Waals surface area contributed by atoms with Gasteiger partial charge in [-0.2, -0.15) is 0 Å². The molecule has 0 unspecified atom stereocenters. The van der Waals surface area contributed by atoms with Crippen LogP contribution in [0, 0.1) is 13.8 Å². The average Bonchev–Trinajstić information content (AvgIpc) is 3.35. The summed E-state index contributed by atoms with van der Waals surface area (Å²) in [7, 11) is 0. The van der Waals surface area contributed by atoms with E-state index in [-0.39, 0.29) is 0 Å². The topological polar surface area (TPSA) is 21.1 Å². The van der Waals surface area contributed by atoms with Crippen molar-refractivity contribution in [2.24, 2.45) is 0 Å². The minimum atomic E-state index is 0.905. The van der Waals surface area contributed by atoms with Crippen molar-refractivity contribution >= 4 is 38.9 Å². The van der Waals surface area contributed by atoms with Crippen LogP contribution in [0.3, 0.4) is 0 Å². The molecule has 192 valence electrons. The van der Waals surface area contributed by atoms with E-state index in [0.29, 0.717) is 0 Å². The maximum Gasteiger partial charge on any atom is 0.138 e. The second kappa shape index (κ2) is 9.87. The number of para-hydroxylation sites is 1. The number of pyridine rings is 1. The van der Waals surface area contributed by atoms with E-state index in [0.717, 1.165) is 45.2 Å². The van der Waals surface area contributed by atoms with E-state index in [9.17, 15) is 0 Å². The molecule has 0 N–H and O–H groups in total. The van der Waals surface area contributed by atoms with Crippen LogP contribution >= 0.6 is 0 Å². The van der Waals surface area contributed by atoms with Crippen molar-refractivity contribution in [3.05, 3.63) is 151 Å². The zero-order chi connectivity index (χ0) is 27.1. The Balaban J connectivity index is 1.51. The van der Waals surface area contributed by atoms with Crippen LogP contribution in [0.2, 0.25) is 0 Å². The van der Waals surface area contributed by atoms with Gasteiger partial charge < -0.3 is 4.90 Å². The largest absolute Gasteiger partial charge is 0.310 e. The van der Waals surface area contributed by atoms with Gasteiger partial charge in [0.05, 0.1) is 22.4 Å². The van der Waals surface area contributed by atoms with Crippen molar-refractivity contribution in [2.45, 2.75) is 13.8 Å². The van der Waals surface area contributed by atoms with Gasteiger partial charge in [-0.15, -0.1) is 0 Å². The van der Waals surface area contributed by atoms with Crippen molar-refractivity contribution in [1.82, 2.24) is 9.55 Å². The number of hydrogen-bond acceptors (Lipinski definition) is 2. The molecule has 0 saturated carbocycles. The molecule has 7 aromatic rings. The molecule has 0 aliphatic rings. The molecule has 0 atom stereocenters. The number of benzene rings is 5. The van der Waals surface area contributed by atoms with Crippen LogP contribution < -0.4 is 4.90 Å². The molecule has 0 spiro atoms. The number of nitrogens with zero attached hydrogens (tertiary/aromatic N) is 3. The summed E-state index contributed by atoms with van der Waals surface area (Å²) in [6.45, 7) is 4.26. The molecular formula is C37H29N3. The second-order valence-corrected chi connectivity index (χ2v) is 10.3. The molecule has 0 bridgehead atoms. The Morgan fingerprint density at radius 2 is 1.12 bits per heavy atom. The Morgan fingerprint density at radius 1 is 0.525 bits per heavy atom. The molecule has 0 amide bonds. The van der Waals surface area contributed by atoms with Crippen molar-refractivity contribution < 1.29 is 0 Å². The summed E-state index contributed by atoms with van der Waals surface area (Å²) in [4.78, 5) is 7.51. The van der Waals surface area contributed by atoms with Gasteiger partial charge >= 0.3 is 0 Å². The van der Waals surface area contributed by atoms with E-state index in [2.05, 4.69) is 157 Å². The Labute approximate surface area is 234 Å². The van der Waals surface area contributed by atoms with Gasteiger partial charge in [0.1, 0.15) is 5.82 Å². The SMILES string of the molecule is Cc1ccc(N(c2ccc(C)cc2)c2cccc3c2c2ccccc2n3-c2cccc(-c3ccccc3)n2)cc1. The molecule has 0 radical (unpaired) electrons. The molecular weight excluding hydrogens is 486 g/mol. The smallest absolute Gasteiger partial charge is 0.138 e. The third kappa shape index (κ3) is 4.13. The fourth-order valence-corrected chi connectivity index (χ4v) is 5.57. The zero-order valence-corrected chi connectivity index (χ0v) is 22.6. The number of fused-ring (bicyclic) bond motifs is 3. The van der Waals surface area contributed by atoms with Gasteiger partial charge in [-0.1, -0.05) is 96.1 Å². The van der Waals surface area contributed by atoms with Gasteiger partial charge in [0.2, 0.25) is 0 Å². The number of aryl methyl sites for hydroxylation is 2. The van der Waals surface area contributed by atoms with E-state index in [1.165, 1.54) is 21.9 Å². The van der Waals surface area contributed by atoms with Gasteiger partial charge in [-0.05, 0) is 68.4 Å². The van der Waals surface area contributed by atoms with Crippen molar-refractivity contribution in [3.8, 4) is 17.1 Å². The molecule has 3 nitrogen and oxygen atoms in total. The Morgan fingerprint density at radius 3 is 1.82 bits per heavy atom. The lowest BCUT2D eigenvalue weighted by atomic mass is 10.1. The van der Waals surface area contributed by atoms with E-state index in [4.69, 9.17) is 4.98 Å². The Bertz CT molecular complexity index is 1900. The standard InChI is InChI=1S/C37H29N3/c1-26-18-22-29(23-19-26)39(30-24-20-27(2)21-25-30)34-15-9-16-35-37(34)31-12-6-7-14-33(31)40(35)36-17-8-13-32(38-36)28-10-4-3-5-11-28/h3-25H,1-2H3. The minimum Gasteiger partial charge on any atom is -0.310 e. The van der Waals surface area contributed by atoms with Gasteiger partial charge in [0.25, 0.3) is 0 Å². The average molecular weight is 516 g/mol. The van der Waals surface area contributed by atoms with Crippen LogP contribution in [0.1, 0.15) is 11.1 Å². The maximum absolute atomic E-state index is 5.15. The van der Waals surface area contributed by atoms with Gasteiger partial charge in [-0.3, -0.25) is 4.57 Å². The summed E-state index contributed by atoms with van der Waals surface area (Å²) in [5.74, 6) is 0.905. The molecule has 0 aliphatic carbocycles. The highest BCUT2D eigenvalue weighted by Crippen LogP contribution is 2.43. The Hall–Kier alpha value is -5.15. The molecule has 3 heteroatoms. The summed E-state index contributed by atoms with van der Waals surface area (Å²) >= 11 is 0. The van der Waals surface area contributed by atoms with Crippen LogP contribution in [-0.4, -0.2) is 9.55 Å². The van der Waals surface area contributed by atoms with Gasteiger partial charge in [0.15, 0.2) is 0 Å². The predicted octanol–water partition coefficient (Wildman–Crippen LogP) is 9.93. The van der Waals surface area contributed by atoms with E-state index in [1.54, 1.807) is 0 Å². The third-order valence-corrected chi connectivity index (χ3v) is 7.53. The fourth-order valence-electron chi connectivity index (χ4n) is 5.57. The second-order valence-electron chi connectivity index (χ2n) is 10.3. The van der Waals surface area contributed by atoms with E-state index >= 15 is 0 Å². The third-order valence-electron chi connectivity index (χ3n) is 7.53. The lowest BCUT2D eigenvalue weighted by Crippen LogP contribution is -2.10. The molecule has 7 rings (SSSR count).